The van der Waals surface area contributed by atoms with E-state index in [9.17, 15) is 4.79 Å². The lowest BCUT2D eigenvalue weighted by Gasteiger charge is -2.13. The van der Waals surface area contributed by atoms with Crippen molar-refractivity contribution in [3.05, 3.63) is 35.8 Å². The van der Waals surface area contributed by atoms with E-state index in [0.29, 0.717) is 17.3 Å². The summed E-state index contributed by atoms with van der Waals surface area (Å²) in [6.07, 6.45) is 5.32. The lowest BCUT2D eigenvalue weighted by atomic mass is 10.3. The van der Waals surface area contributed by atoms with Crippen molar-refractivity contribution in [2.24, 2.45) is 17.5 Å². The van der Waals surface area contributed by atoms with Crippen LogP contribution in [0.25, 0.3) is 0 Å². The molecular weight excluding hydrogens is 232 g/mol. The number of aromatic nitrogens is 1. The molecule has 1 aliphatic rings. The second-order valence-electron chi connectivity index (χ2n) is 4.21. The normalized spacial score (nSPS) is 15.3. The molecule has 0 amide bonds. The molecule has 1 aromatic heterocycles. The van der Waals surface area contributed by atoms with Crippen LogP contribution < -0.4 is 16.6 Å². The van der Waals surface area contributed by atoms with Crippen molar-refractivity contribution in [3.8, 4) is 0 Å². The third-order valence-corrected chi connectivity index (χ3v) is 2.77. The highest BCUT2D eigenvalue weighted by atomic mass is 16.5. The minimum absolute atomic E-state index is 0.383. The standard InChI is InChI=1S/C12H16N4O2/c1-18-12(17)9-4-5-11(15-6-9)16(14)7-10(13)8-2-3-8/h4-8H,2-3,13-14H2,1H3/b10-7-. The van der Waals surface area contributed by atoms with E-state index < -0.39 is 5.97 Å². The van der Waals surface area contributed by atoms with Crippen LogP contribution >= 0.6 is 0 Å². The molecule has 1 fully saturated rings. The number of methoxy groups -OCH3 is 1. The SMILES string of the molecule is COC(=O)c1ccc(N(N)/C=C(\N)C2CC2)nc1. The molecule has 0 bridgehead atoms. The van der Waals surface area contributed by atoms with Crippen LogP contribution in [0.3, 0.4) is 0 Å². The van der Waals surface area contributed by atoms with Gasteiger partial charge in [0.2, 0.25) is 0 Å². The molecule has 0 spiro atoms. The first-order valence-electron chi connectivity index (χ1n) is 5.67. The summed E-state index contributed by atoms with van der Waals surface area (Å²) in [7, 11) is 1.32. The zero-order chi connectivity index (χ0) is 13.1. The second kappa shape index (κ2) is 5.05. The van der Waals surface area contributed by atoms with Gasteiger partial charge in [-0.1, -0.05) is 0 Å². The number of carbonyl (C=O) groups is 1. The molecule has 4 N–H and O–H groups in total. The zero-order valence-corrected chi connectivity index (χ0v) is 10.2. The highest BCUT2D eigenvalue weighted by Crippen LogP contribution is 2.33. The molecule has 6 heteroatoms. The van der Waals surface area contributed by atoms with Gasteiger partial charge < -0.3 is 10.5 Å². The molecule has 1 saturated carbocycles. The second-order valence-corrected chi connectivity index (χ2v) is 4.21. The van der Waals surface area contributed by atoms with Gasteiger partial charge >= 0.3 is 5.97 Å². The Labute approximate surface area is 105 Å². The van der Waals surface area contributed by atoms with Crippen LogP contribution in [-0.4, -0.2) is 18.1 Å². The van der Waals surface area contributed by atoms with Crippen LogP contribution in [-0.2, 0) is 4.74 Å². The van der Waals surface area contributed by atoms with Crippen LogP contribution in [0.1, 0.15) is 23.2 Å². The van der Waals surface area contributed by atoms with Gasteiger partial charge in [-0.3, -0.25) is 5.01 Å². The van der Waals surface area contributed by atoms with Gasteiger partial charge in [0, 0.05) is 24.0 Å². The van der Waals surface area contributed by atoms with E-state index in [-0.39, 0.29) is 0 Å². The third kappa shape index (κ3) is 2.78. The molecule has 18 heavy (non-hydrogen) atoms. The predicted octanol–water partition coefficient (Wildman–Crippen LogP) is 0.758. The van der Waals surface area contributed by atoms with Crippen molar-refractivity contribution >= 4 is 11.8 Å². The number of ether oxygens (including phenoxy) is 1. The molecule has 1 heterocycles. The number of anilines is 1. The molecule has 0 unspecified atom stereocenters. The Kier molecular flexibility index (Phi) is 3.47. The molecule has 1 aliphatic carbocycles. The number of nitrogens with zero attached hydrogens (tertiary/aromatic N) is 2. The van der Waals surface area contributed by atoms with Crippen molar-refractivity contribution in [1.29, 1.82) is 0 Å². The van der Waals surface area contributed by atoms with Crippen molar-refractivity contribution in [2.45, 2.75) is 12.8 Å². The van der Waals surface area contributed by atoms with Crippen LogP contribution in [0, 0.1) is 5.92 Å². The first kappa shape index (κ1) is 12.4. The number of rotatable bonds is 4. The Balaban J connectivity index is 2.08. The summed E-state index contributed by atoms with van der Waals surface area (Å²) in [5, 5.41) is 1.36. The van der Waals surface area contributed by atoms with Gasteiger partial charge in [0.15, 0.2) is 0 Å². The maximum absolute atomic E-state index is 11.2. The highest BCUT2D eigenvalue weighted by Gasteiger charge is 2.24. The van der Waals surface area contributed by atoms with Crippen LogP contribution in [0.5, 0.6) is 0 Å². The van der Waals surface area contributed by atoms with Crippen molar-refractivity contribution < 1.29 is 9.53 Å². The van der Waals surface area contributed by atoms with Gasteiger partial charge in [-0.25, -0.2) is 15.6 Å². The number of hydrogen-bond acceptors (Lipinski definition) is 6. The summed E-state index contributed by atoms with van der Waals surface area (Å²) in [5.74, 6) is 6.36. The molecule has 6 nitrogen and oxygen atoms in total. The maximum atomic E-state index is 11.2. The van der Waals surface area contributed by atoms with E-state index in [1.54, 1.807) is 18.3 Å². The summed E-state index contributed by atoms with van der Waals surface area (Å²) in [6, 6.07) is 3.25. The third-order valence-electron chi connectivity index (χ3n) is 2.77. The largest absolute Gasteiger partial charge is 0.465 e. The molecule has 96 valence electrons. The molecule has 1 aromatic rings. The number of allylic oxidation sites excluding steroid dienone is 1. The summed E-state index contributed by atoms with van der Waals surface area (Å²) in [5.41, 5.74) is 7.00. The molecule has 0 radical (unpaired) electrons. The number of esters is 1. The summed E-state index contributed by atoms with van der Waals surface area (Å²) in [6.45, 7) is 0. The van der Waals surface area contributed by atoms with Crippen molar-refractivity contribution in [3.63, 3.8) is 0 Å². The van der Waals surface area contributed by atoms with E-state index in [2.05, 4.69) is 9.72 Å². The fourth-order valence-corrected chi connectivity index (χ4v) is 1.53. The van der Waals surface area contributed by atoms with Crippen LogP contribution in [0.15, 0.2) is 30.2 Å². The lowest BCUT2D eigenvalue weighted by Crippen LogP contribution is -2.27. The zero-order valence-electron chi connectivity index (χ0n) is 10.2. The Morgan fingerprint density at radius 2 is 2.28 bits per heavy atom. The minimum atomic E-state index is -0.425. The molecule has 0 atom stereocenters. The van der Waals surface area contributed by atoms with Crippen molar-refractivity contribution in [2.75, 3.05) is 12.1 Å². The van der Waals surface area contributed by atoms with Gasteiger partial charge in [-0.2, -0.15) is 0 Å². The molecule has 0 aliphatic heterocycles. The van der Waals surface area contributed by atoms with Crippen molar-refractivity contribution in [1.82, 2.24) is 4.98 Å². The van der Waals surface area contributed by atoms with Crippen LogP contribution in [0.4, 0.5) is 5.82 Å². The van der Waals surface area contributed by atoms with Gasteiger partial charge in [-0.15, -0.1) is 0 Å². The number of hydrogen-bond donors (Lipinski definition) is 2. The molecule has 0 aromatic carbocycles. The lowest BCUT2D eigenvalue weighted by molar-refractivity contribution is 0.0600. The monoisotopic (exact) mass is 248 g/mol. The maximum Gasteiger partial charge on any atom is 0.339 e. The molecule has 0 saturated heterocycles. The average molecular weight is 248 g/mol. The van der Waals surface area contributed by atoms with Crippen LogP contribution in [0.2, 0.25) is 0 Å². The van der Waals surface area contributed by atoms with E-state index in [1.165, 1.54) is 18.3 Å². The fourth-order valence-electron chi connectivity index (χ4n) is 1.53. The average Bonchev–Trinajstić information content (AvgIpc) is 3.22. The Hall–Kier alpha value is -2.08. The predicted molar refractivity (Wildman–Crippen MR) is 67.2 cm³/mol. The first-order valence-corrected chi connectivity index (χ1v) is 5.67. The van der Waals surface area contributed by atoms with Gasteiger partial charge in [0.05, 0.1) is 12.7 Å². The smallest absolute Gasteiger partial charge is 0.339 e. The van der Waals surface area contributed by atoms with Gasteiger partial charge in [-0.05, 0) is 25.0 Å². The highest BCUT2D eigenvalue weighted by molar-refractivity contribution is 5.89. The number of hydrazine groups is 1. The van der Waals surface area contributed by atoms with E-state index in [0.717, 1.165) is 18.5 Å². The van der Waals surface area contributed by atoms with E-state index in [4.69, 9.17) is 11.6 Å². The first-order chi connectivity index (χ1) is 8.61. The van der Waals surface area contributed by atoms with Gasteiger partial charge in [0.1, 0.15) is 5.82 Å². The minimum Gasteiger partial charge on any atom is -0.465 e. The summed E-state index contributed by atoms with van der Waals surface area (Å²) < 4.78 is 4.59. The summed E-state index contributed by atoms with van der Waals surface area (Å²) >= 11 is 0. The Morgan fingerprint density at radius 3 is 2.78 bits per heavy atom. The number of pyridine rings is 1. The van der Waals surface area contributed by atoms with E-state index >= 15 is 0 Å². The van der Waals surface area contributed by atoms with Gasteiger partial charge in [0.25, 0.3) is 0 Å². The Bertz CT molecular complexity index is 465. The summed E-state index contributed by atoms with van der Waals surface area (Å²) in [4.78, 5) is 15.3. The fraction of sp³-hybridized carbons (Fsp3) is 0.333. The van der Waals surface area contributed by atoms with E-state index in [1.807, 2.05) is 0 Å². The number of carbonyl (C=O) groups excluding carboxylic acids is 1. The topological polar surface area (TPSA) is 94.5 Å². The Morgan fingerprint density at radius 1 is 1.56 bits per heavy atom. The molecule has 2 rings (SSSR count). The number of nitrogens with two attached hydrogens (primary N) is 2. The quantitative estimate of drug-likeness (QED) is 0.464. The molecular formula is C12H16N4O2.